The normalized spacial score (nSPS) is 15.6. The molecule has 94 valence electrons. The molecule has 18 heavy (non-hydrogen) atoms. The van der Waals surface area contributed by atoms with E-state index >= 15 is 0 Å². The molecule has 3 rings (SSSR count). The van der Waals surface area contributed by atoms with E-state index in [4.69, 9.17) is 10.3 Å². The molecule has 1 aliphatic carbocycles. The van der Waals surface area contributed by atoms with E-state index in [2.05, 4.69) is 5.16 Å². The van der Waals surface area contributed by atoms with E-state index in [0.717, 1.165) is 12.1 Å². The van der Waals surface area contributed by atoms with E-state index in [1.54, 1.807) is 18.2 Å². The fraction of sp³-hybridized carbons (Fsp3) is 0.357. The van der Waals surface area contributed by atoms with Gasteiger partial charge in [0.1, 0.15) is 5.82 Å². The van der Waals surface area contributed by atoms with Gasteiger partial charge in [-0.1, -0.05) is 42.6 Å². The third kappa shape index (κ3) is 1.88. The van der Waals surface area contributed by atoms with Crippen LogP contribution in [-0.2, 0) is 6.42 Å². The zero-order valence-corrected chi connectivity index (χ0v) is 10.0. The number of aromatic nitrogens is 1. The highest BCUT2D eigenvalue weighted by atomic mass is 19.1. The van der Waals surface area contributed by atoms with Crippen molar-refractivity contribution in [3.63, 3.8) is 0 Å². The number of hydrogen-bond acceptors (Lipinski definition) is 3. The molecule has 1 aromatic carbocycles. The molecule has 1 fully saturated rings. The van der Waals surface area contributed by atoms with Crippen molar-refractivity contribution in [1.29, 1.82) is 0 Å². The number of nitrogen functional groups attached to an aromatic ring is 1. The predicted molar refractivity (Wildman–Crippen MR) is 67.4 cm³/mol. The van der Waals surface area contributed by atoms with Gasteiger partial charge in [0.2, 0.25) is 5.88 Å². The van der Waals surface area contributed by atoms with Crippen LogP contribution in [0, 0.1) is 11.7 Å². The topological polar surface area (TPSA) is 52.0 Å². The minimum atomic E-state index is -0.290. The van der Waals surface area contributed by atoms with Crippen LogP contribution in [0.5, 0.6) is 0 Å². The van der Waals surface area contributed by atoms with Gasteiger partial charge in [0, 0.05) is 5.56 Å². The molecule has 2 aromatic rings. The van der Waals surface area contributed by atoms with Gasteiger partial charge in [-0.2, -0.15) is 0 Å². The summed E-state index contributed by atoms with van der Waals surface area (Å²) < 4.78 is 18.9. The second-order valence-electron chi connectivity index (χ2n) is 4.85. The SMILES string of the molecule is Nc1onc(CC2CCC2)c1-c1ccccc1F. The van der Waals surface area contributed by atoms with Crippen LogP contribution in [0.25, 0.3) is 11.1 Å². The van der Waals surface area contributed by atoms with Crippen molar-refractivity contribution in [2.45, 2.75) is 25.7 Å². The summed E-state index contributed by atoms with van der Waals surface area (Å²) in [4.78, 5) is 0. The Balaban J connectivity index is 1.99. The summed E-state index contributed by atoms with van der Waals surface area (Å²) in [6.45, 7) is 0. The highest BCUT2D eigenvalue weighted by Crippen LogP contribution is 2.36. The molecule has 2 N–H and O–H groups in total. The largest absolute Gasteiger partial charge is 0.367 e. The quantitative estimate of drug-likeness (QED) is 0.902. The second-order valence-corrected chi connectivity index (χ2v) is 4.85. The van der Waals surface area contributed by atoms with Crippen LogP contribution in [0.2, 0.25) is 0 Å². The smallest absolute Gasteiger partial charge is 0.230 e. The number of halogens is 1. The molecule has 0 spiro atoms. The van der Waals surface area contributed by atoms with E-state index in [1.165, 1.54) is 25.3 Å². The van der Waals surface area contributed by atoms with Crippen molar-refractivity contribution < 1.29 is 8.91 Å². The average Bonchev–Trinajstić information content (AvgIpc) is 2.66. The number of anilines is 1. The summed E-state index contributed by atoms with van der Waals surface area (Å²) in [7, 11) is 0. The Kier molecular flexibility index (Phi) is 2.78. The highest BCUT2D eigenvalue weighted by Gasteiger charge is 2.24. The molecule has 0 unspecified atom stereocenters. The summed E-state index contributed by atoms with van der Waals surface area (Å²) >= 11 is 0. The summed E-state index contributed by atoms with van der Waals surface area (Å²) in [6, 6.07) is 6.59. The first-order valence-corrected chi connectivity index (χ1v) is 6.24. The lowest BCUT2D eigenvalue weighted by atomic mass is 9.81. The van der Waals surface area contributed by atoms with Crippen LogP contribution in [0.1, 0.15) is 25.0 Å². The van der Waals surface area contributed by atoms with Gasteiger partial charge in [0.25, 0.3) is 0 Å². The van der Waals surface area contributed by atoms with Crippen LogP contribution >= 0.6 is 0 Å². The first kappa shape index (κ1) is 11.3. The summed E-state index contributed by atoms with van der Waals surface area (Å²) in [5, 5.41) is 3.99. The van der Waals surface area contributed by atoms with Crippen molar-refractivity contribution in [2.75, 3.05) is 5.73 Å². The molecule has 3 nitrogen and oxygen atoms in total. The monoisotopic (exact) mass is 246 g/mol. The zero-order chi connectivity index (χ0) is 12.5. The van der Waals surface area contributed by atoms with Crippen molar-refractivity contribution in [1.82, 2.24) is 5.16 Å². The Bertz CT molecular complexity index is 561. The molecule has 0 atom stereocenters. The van der Waals surface area contributed by atoms with E-state index < -0.39 is 0 Å². The maximum absolute atomic E-state index is 13.8. The van der Waals surface area contributed by atoms with Crippen LogP contribution in [0.15, 0.2) is 28.8 Å². The van der Waals surface area contributed by atoms with Crippen LogP contribution < -0.4 is 5.73 Å². The molecule has 0 radical (unpaired) electrons. The lowest BCUT2D eigenvalue weighted by Gasteiger charge is -2.24. The van der Waals surface area contributed by atoms with E-state index in [-0.39, 0.29) is 11.7 Å². The fourth-order valence-electron chi connectivity index (χ4n) is 2.40. The van der Waals surface area contributed by atoms with Crippen molar-refractivity contribution in [2.24, 2.45) is 5.92 Å². The van der Waals surface area contributed by atoms with Gasteiger partial charge in [-0.05, 0) is 18.4 Å². The van der Waals surface area contributed by atoms with Crippen molar-refractivity contribution in [3.8, 4) is 11.1 Å². The minimum absolute atomic E-state index is 0.203. The van der Waals surface area contributed by atoms with Gasteiger partial charge in [-0.3, -0.25) is 0 Å². The molecular formula is C14H15FN2O. The van der Waals surface area contributed by atoms with Gasteiger partial charge in [0.15, 0.2) is 0 Å². The molecule has 1 aliphatic rings. The molecule has 0 amide bonds. The van der Waals surface area contributed by atoms with E-state index in [9.17, 15) is 4.39 Å². The third-order valence-electron chi connectivity index (χ3n) is 3.64. The lowest BCUT2D eigenvalue weighted by molar-refractivity contribution is 0.306. The Labute approximate surface area is 105 Å². The van der Waals surface area contributed by atoms with Gasteiger partial charge >= 0.3 is 0 Å². The number of rotatable bonds is 3. The average molecular weight is 246 g/mol. The van der Waals surface area contributed by atoms with Crippen molar-refractivity contribution in [3.05, 3.63) is 35.8 Å². The summed E-state index contributed by atoms with van der Waals surface area (Å²) in [5.74, 6) is 0.553. The zero-order valence-electron chi connectivity index (χ0n) is 10.0. The third-order valence-corrected chi connectivity index (χ3v) is 3.64. The van der Waals surface area contributed by atoms with Crippen molar-refractivity contribution >= 4 is 5.88 Å². The molecule has 0 saturated heterocycles. The maximum Gasteiger partial charge on any atom is 0.230 e. The molecule has 0 aliphatic heterocycles. The fourth-order valence-corrected chi connectivity index (χ4v) is 2.40. The molecular weight excluding hydrogens is 231 g/mol. The van der Waals surface area contributed by atoms with Crippen LogP contribution in [0.4, 0.5) is 10.3 Å². The van der Waals surface area contributed by atoms with E-state index in [1.807, 2.05) is 0 Å². The maximum atomic E-state index is 13.8. The first-order chi connectivity index (χ1) is 8.75. The van der Waals surface area contributed by atoms with E-state index in [0.29, 0.717) is 17.0 Å². The van der Waals surface area contributed by atoms with Gasteiger partial charge in [0.05, 0.1) is 11.3 Å². The lowest BCUT2D eigenvalue weighted by Crippen LogP contribution is -2.14. The molecule has 1 aromatic heterocycles. The Morgan fingerprint density at radius 1 is 1.33 bits per heavy atom. The molecule has 0 bridgehead atoms. The first-order valence-electron chi connectivity index (χ1n) is 6.24. The number of hydrogen-bond donors (Lipinski definition) is 1. The summed E-state index contributed by atoms with van der Waals surface area (Å²) in [5.41, 5.74) is 7.66. The number of nitrogens with zero attached hydrogens (tertiary/aromatic N) is 1. The predicted octanol–water partition coefficient (Wildman–Crippen LogP) is 3.41. The van der Waals surface area contributed by atoms with Gasteiger partial charge in [-0.25, -0.2) is 4.39 Å². The highest BCUT2D eigenvalue weighted by molar-refractivity contribution is 5.75. The number of benzene rings is 1. The minimum Gasteiger partial charge on any atom is -0.367 e. The summed E-state index contributed by atoms with van der Waals surface area (Å²) in [6.07, 6.45) is 4.52. The molecule has 1 saturated carbocycles. The van der Waals surface area contributed by atoms with Crippen LogP contribution in [0.3, 0.4) is 0 Å². The Morgan fingerprint density at radius 2 is 2.11 bits per heavy atom. The molecule has 4 heteroatoms. The van der Waals surface area contributed by atoms with Crippen LogP contribution in [-0.4, -0.2) is 5.16 Å². The standard InChI is InChI=1S/C14H15FN2O/c15-11-7-2-1-6-10(11)13-12(17-18-14(13)16)8-9-4-3-5-9/h1-2,6-7,9H,3-5,8,16H2. The second kappa shape index (κ2) is 4.44. The van der Waals surface area contributed by atoms with Gasteiger partial charge in [-0.15, -0.1) is 0 Å². The Morgan fingerprint density at radius 3 is 2.78 bits per heavy atom. The Hall–Kier alpha value is -1.84. The van der Waals surface area contributed by atoms with Gasteiger partial charge < -0.3 is 10.3 Å². The number of nitrogens with two attached hydrogens (primary N) is 1. The molecule has 1 heterocycles.